The molecule has 4 nitrogen and oxygen atoms in total. The summed E-state index contributed by atoms with van der Waals surface area (Å²) in [5.41, 5.74) is 7.95. The quantitative estimate of drug-likeness (QED) is 0.756. The number of aromatic nitrogens is 1. The van der Waals surface area contributed by atoms with Gasteiger partial charge in [0, 0.05) is 10.9 Å². The van der Waals surface area contributed by atoms with Crippen molar-refractivity contribution in [3.8, 4) is 11.3 Å². The maximum Gasteiger partial charge on any atom is 0.254 e. The van der Waals surface area contributed by atoms with E-state index in [1.807, 2.05) is 49.4 Å². The first-order valence-electron chi connectivity index (χ1n) is 6.60. The highest BCUT2D eigenvalue weighted by molar-refractivity contribution is 6.02. The zero-order valence-electron chi connectivity index (χ0n) is 11.5. The average Bonchev–Trinajstić information content (AvgIpc) is 2.48. The van der Waals surface area contributed by atoms with Gasteiger partial charge in [0.05, 0.1) is 5.69 Å². The van der Waals surface area contributed by atoms with E-state index in [0.717, 1.165) is 11.1 Å². The van der Waals surface area contributed by atoms with Gasteiger partial charge in [-0.3, -0.25) is 9.59 Å². The normalized spacial score (nSPS) is 10.7. The van der Waals surface area contributed by atoms with Crippen LogP contribution in [0, 0.1) is 6.92 Å². The lowest BCUT2D eigenvalue weighted by Gasteiger charge is -2.10. The Morgan fingerprint density at radius 1 is 1.10 bits per heavy atom. The zero-order valence-corrected chi connectivity index (χ0v) is 11.5. The number of aromatic amines is 1. The molecule has 0 saturated carbocycles. The van der Waals surface area contributed by atoms with E-state index < -0.39 is 5.91 Å². The molecule has 0 radical (unpaired) electrons. The Balaban J connectivity index is 2.45. The van der Waals surface area contributed by atoms with Crippen LogP contribution < -0.4 is 11.2 Å². The van der Waals surface area contributed by atoms with Gasteiger partial charge in [0.15, 0.2) is 0 Å². The summed E-state index contributed by atoms with van der Waals surface area (Å²) in [4.78, 5) is 27.5. The van der Waals surface area contributed by atoms with Crippen LogP contribution in [-0.4, -0.2) is 10.9 Å². The monoisotopic (exact) mass is 278 g/mol. The van der Waals surface area contributed by atoms with Gasteiger partial charge in [-0.05, 0) is 24.6 Å². The number of fused-ring (bicyclic) bond motifs is 1. The summed E-state index contributed by atoms with van der Waals surface area (Å²) in [5.74, 6) is -0.724. The van der Waals surface area contributed by atoms with Crippen LogP contribution in [-0.2, 0) is 0 Å². The third kappa shape index (κ3) is 2.21. The highest BCUT2D eigenvalue weighted by Crippen LogP contribution is 2.22. The Hall–Kier alpha value is -2.88. The third-order valence-corrected chi connectivity index (χ3v) is 3.47. The summed E-state index contributed by atoms with van der Waals surface area (Å²) in [6, 6.07) is 14.7. The van der Waals surface area contributed by atoms with Crippen LogP contribution in [0.4, 0.5) is 0 Å². The summed E-state index contributed by atoms with van der Waals surface area (Å²) < 4.78 is 0. The fourth-order valence-electron chi connectivity index (χ4n) is 2.46. The molecule has 1 aromatic heterocycles. The highest BCUT2D eigenvalue weighted by Gasteiger charge is 2.17. The SMILES string of the molecule is Cc1ccc2[nH]c(-c3ccccc3)c(C(N)=O)c(=O)c2c1. The van der Waals surface area contributed by atoms with Crippen LogP contribution in [0.15, 0.2) is 53.3 Å². The second-order valence-electron chi connectivity index (χ2n) is 4.98. The molecule has 0 unspecified atom stereocenters. The molecule has 3 N–H and O–H groups in total. The highest BCUT2D eigenvalue weighted by atomic mass is 16.2. The molecule has 21 heavy (non-hydrogen) atoms. The molecular formula is C17H14N2O2. The van der Waals surface area contributed by atoms with E-state index in [-0.39, 0.29) is 11.0 Å². The van der Waals surface area contributed by atoms with Crippen molar-refractivity contribution in [1.82, 2.24) is 4.98 Å². The maximum atomic E-state index is 12.6. The van der Waals surface area contributed by atoms with Gasteiger partial charge in [-0.1, -0.05) is 42.0 Å². The number of carbonyl (C=O) groups is 1. The van der Waals surface area contributed by atoms with E-state index in [1.54, 1.807) is 6.07 Å². The predicted molar refractivity (Wildman–Crippen MR) is 83.3 cm³/mol. The van der Waals surface area contributed by atoms with Crippen LogP contribution in [0.2, 0.25) is 0 Å². The van der Waals surface area contributed by atoms with E-state index in [1.165, 1.54) is 0 Å². The number of aryl methyl sites for hydroxylation is 1. The number of primary amides is 1. The van der Waals surface area contributed by atoms with Gasteiger partial charge in [-0.25, -0.2) is 0 Å². The molecule has 0 saturated heterocycles. The molecule has 1 heterocycles. The second-order valence-corrected chi connectivity index (χ2v) is 4.98. The van der Waals surface area contributed by atoms with Crippen molar-refractivity contribution in [2.45, 2.75) is 6.92 Å². The second kappa shape index (κ2) is 4.90. The van der Waals surface area contributed by atoms with Crippen molar-refractivity contribution in [1.29, 1.82) is 0 Å². The summed E-state index contributed by atoms with van der Waals surface area (Å²) in [7, 11) is 0. The molecule has 0 spiro atoms. The Bertz CT molecular complexity index is 896. The Labute approximate surface area is 121 Å². The van der Waals surface area contributed by atoms with Crippen molar-refractivity contribution in [3.63, 3.8) is 0 Å². The fourth-order valence-corrected chi connectivity index (χ4v) is 2.46. The molecule has 104 valence electrons. The number of rotatable bonds is 2. The average molecular weight is 278 g/mol. The van der Waals surface area contributed by atoms with Gasteiger partial charge < -0.3 is 10.7 Å². The molecule has 0 atom stereocenters. The number of hydrogen-bond acceptors (Lipinski definition) is 2. The minimum atomic E-state index is -0.724. The number of hydrogen-bond donors (Lipinski definition) is 2. The van der Waals surface area contributed by atoms with E-state index >= 15 is 0 Å². The molecular weight excluding hydrogens is 264 g/mol. The van der Waals surface area contributed by atoms with Crippen molar-refractivity contribution in [2.24, 2.45) is 5.73 Å². The van der Waals surface area contributed by atoms with Crippen LogP contribution in [0.3, 0.4) is 0 Å². The maximum absolute atomic E-state index is 12.6. The van der Waals surface area contributed by atoms with Gasteiger partial charge in [-0.15, -0.1) is 0 Å². The van der Waals surface area contributed by atoms with Gasteiger partial charge in [-0.2, -0.15) is 0 Å². The fraction of sp³-hybridized carbons (Fsp3) is 0.0588. The number of carbonyl (C=O) groups excluding carboxylic acids is 1. The summed E-state index contributed by atoms with van der Waals surface area (Å²) in [5, 5.41) is 0.475. The molecule has 3 rings (SSSR count). The Morgan fingerprint density at radius 3 is 2.48 bits per heavy atom. The number of amides is 1. The molecule has 0 fully saturated rings. The van der Waals surface area contributed by atoms with Crippen molar-refractivity contribution in [3.05, 3.63) is 69.9 Å². The van der Waals surface area contributed by atoms with Crippen LogP contribution in [0.1, 0.15) is 15.9 Å². The molecule has 0 aliphatic heterocycles. The van der Waals surface area contributed by atoms with Gasteiger partial charge in [0.1, 0.15) is 5.56 Å². The number of nitrogens with one attached hydrogen (secondary N) is 1. The van der Waals surface area contributed by atoms with Crippen molar-refractivity contribution < 1.29 is 4.79 Å². The van der Waals surface area contributed by atoms with Crippen molar-refractivity contribution in [2.75, 3.05) is 0 Å². The summed E-state index contributed by atoms with van der Waals surface area (Å²) in [6.07, 6.45) is 0. The lowest BCUT2D eigenvalue weighted by atomic mass is 10.0. The van der Waals surface area contributed by atoms with E-state index in [9.17, 15) is 9.59 Å². The zero-order chi connectivity index (χ0) is 15.0. The van der Waals surface area contributed by atoms with E-state index in [2.05, 4.69) is 4.98 Å². The largest absolute Gasteiger partial charge is 0.365 e. The number of nitrogens with two attached hydrogens (primary N) is 1. The first-order chi connectivity index (χ1) is 10.1. The van der Waals surface area contributed by atoms with Crippen LogP contribution >= 0.6 is 0 Å². The van der Waals surface area contributed by atoms with Gasteiger partial charge in [0.25, 0.3) is 5.91 Å². The first kappa shape index (κ1) is 13.1. The number of H-pyrrole nitrogens is 1. The Kier molecular flexibility index (Phi) is 3.06. The first-order valence-corrected chi connectivity index (χ1v) is 6.60. The molecule has 0 bridgehead atoms. The van der Waals surface area contributed by atoms with Crippen LogP contribution in [0.25, 0.3) is 22.2 Å². The lowest BCUT2D eigenvalue weighted by molar-refractivity contribution is 0.1000. The van der Waals surface area contributed by atoms with Gasteiger partial charge >= 0.3 is 0 Å². The van der Waals surface area contributed by atoms with E-state index in [0.29, 0.717) is 16.6 Å². The number of benzene rings is 2. The Morgan fingerprint density at radius 2 is 1.81 bits per heavy atom. The van der Waals surface area contributed by atoms with Gasteiger partial charge in [0.2, 0.25) is 5.43 Å². The summed E-state index contributed by atoms with van der Waals surface area (Å²) in [6.45, 7) is 1.90. The van der Waals surface area contributed by atoms with Crippen molar-refractivity contribution >= 4 is 16.8 Å². The smallest absolute Gasteiger partial charge is 0.254 e. The molecule has 4 heteroatoms. The molecule has 2 aromatic carbocycles. The lowest BCUT2D eigenvalue weighted by Crippen LogP contribution is -2.24. The van der Waals surface area contributed by atoms with E-state index in [4.69, 9.17) is 5.73 Å². The number of pyridine rings is 1. The molecule has 0 aliphatic rings. The summed E-state index contributed by atoms with van der Waals surface area (Å²) >= 11 is 0. The molecule has 0 aliphatic carbocycles. The minimum absolute atomic E-state index is 0.000648. The minimum Gasteiger partial charge on any atom is -0.365 e. The topological polar surface area (TPSA) is 76.0 Å². The predicted octanol–water partition coefficient (Wildman–Crippen LogP) is 2.60. The molecule has 1 amide bonds. The van der Waals surface area contributed by atoms with Crippen LogP contribution in [0.5, 0.6) is 0 Å². The third-order valence-electron chi connectivity index (χ3n) is 3.47. The standard InChI is InChI=1S/C17H14N2O2/c1-10-7-8-13-12(9-10)16(20)14(17(18)21)15(19-13)11-5-3-2-4-6-11/h2-9H,1H3,(H2,18,21)(H,19,20). The molecule has 3 aromatic rings.